The van der Waals surface area contributed by atoms with Crippen molar-refractivity contribution in [3.63, 3.8) is 0 Å². The molecule has 3 heteroatoms. The molecule has 0 heterocycles. The van der Waals surface area contributed by atoms with Gasteiger partial charge < -0.3 is 10.0 Å². The van der Waals surface area contributed by atoms with Crippen molar-refractivity contribution in [2.75, 3.05) is 0 Å². The molecule has 0 saturated carbocycles. The fraction of sp³-hybridized carbons (Fsp3) is 0.455. The van der Waals surface area contributed by atoms with Crippen LogP contribution in [-0.2, 0) is 5.41 Å². The molecule has 0 unspecified atom stereocenters. The molecule has 1 rings (SSSR count). The molecule has 1 aromatic carbocycles. The Morgan fingerprint density at radius 3 is 2.07 bits per heavy atom. The summed E-state index contributed by atoms with van der Waals surface area (Å²) >= 11 is 0. The van der Waals surface area contributed by atoms with Gasteiger partial charge in [0.05, 0.1) is 0 Å². The van der Waals surface area contributed by atoms with Crippen LogP contribution in [0, 0.1) is 6.92 Å². The third kappa shape index (κ3) is 2.37. The zero-order valence-corrected chi connectivity index (χ0v) is 9.20. The van der Waals surface area contributed by atoms with E-state index >= 15 is 0 Å². The topological polar surface area (TPSA) is 40.5 Å². The van der Waals surface area contributed by atoms with Gasteiger partial charge in [-0.1, -0.05) is 39.0 Å². The number of aryl methyl sites for hydroxylation is 1. The molecular weight excluding hydrogens is 175 g/mol. The van der Waals surface area contributed by atoms with Crippen molar-refractivity contribution in [2.24, 2.45) is 0 Å². The predicted octanol–water partition coefficient (Wildman–Crippen LogP) is 0.972. The minimum absolute atomic E-state index is 0.100. The van der Waals surface area contributed by atoms with Gasteiger partial charge in [0.2, 0.25) is 0 Å². The van der Waals surface area contributed by atoms with E-state index in [4.69, 9.17) is 10.0 Å². The SMILES string of the molecule is Cc1cc(B(O)O)ccc1C(C)(C)C. The second-order valence-electron chi connectivity index (χ2n) is 4.70. The lowest BCUT2D eigenvalue weighted by Gasteiger charge is -2.22. The molecule has 0 radical (unpaired) electrons. The standard InChI is InChI=1S/C11H17BO2/c1-8-7-9(12(13)14)5-6-10(8)11(2,3)4/h5-7,13-14H,1-4H3. The monoisotopic (exact) mass is 192 g/mol. The Morgan fingerprint density at radius 2 is 1.71 bits per heavy atom. The minimum Gasteiger partial charge on any atom is -0.423 e. The molecule has 0 bridgehead atoms. The van der Waals surface area contributed by atoms with E-state index in [0.717, 1.165) is 5.56 Å². The summed E-state index contributed by atoms with van der Waals surface area (Å²) in [5, 5.41) is 18.0. The molecule has 76 valence electrons. The van der Waals surface area contributed by atoms with E-state index in [0.29, 0.717) is 5.46 Å². The van der Waals surface area contributed by atoms with Crippen LogP contribution in [-0.4, -0.2) is 17.2 Å². The lowest BCUT2D eigenvalue weighted by Crippen LogP contribution is -2.30. The zero-order chi connectivity index (χ0) is 10.9. The maximum absolute atomic E-state index is 9.00. The number of hydrogen-bond donors (Lipinski definition) is 2. The third-order valence-corrected chi connectivity index (χ3v) is 2.36. The first-order chi connectivity index (χ1) is 6.32. The zero-order valence-electron chi connectivity index (χ0n) is 9.20. The molecule has 0 aliphatic heterocycles. The van der Waals surface area contributed by atoms with Crippen molar-refractivity contribution in [3.05, 3.63) is 29.3 Å². The first-order valence-corrected chi connectivity index (χ1v) is 4.79. The van der Waals surface area contributed by atoms with Crippen molar-refractivity contribution in [1.82, 2.24) is 0 Å². The average Bonchev–Trinajstić information content (AvgIpc) is 2.01. The summed E-state index contributed by atoms with van der Waals surface area (Å²) in [6.07, 6.45) is 0. The van der Waals surface area contributed by atoms with Crippen LogP contribution in [0.2, 0.25) is 0 Å². The summed E-state index contributed by atoms with van der Waals surface area (Å²) in [5.74, 6) is 0. The van der Waals surface area contributed by atoms with Gasteiger partial charge in [-0.3, -0.25) is 0 Å². The fourth-order valence-corrected chi connectivity index (χ4v) is 1.69. The van der Waals surface area contributed by atoms with Gasteiger partial charge in [0.25, 0.3) is 0 Å². The molecular formula is C11H17BO2. The molecule has 0 aliphatic rings. The van der Waals surface area contributed by atoms with E-state index in [9.17, 15) is 0 Å². The molecule has 0 atom stereocenters. The van der Waals surface area contributed by atoms with Crippen molar-refractivity contribution in [3.8, 4) is 0 Å². The van der Waals surface area contributed by atoms with Gasteiger partial charge in [0.1, 0.15) is 0 Å². The summed E-state index contributed by atoms with van der Waals surface area (Å²) in [7, 11) is -1.37. The van der Waals surface area contributed by atoms with E-state index < -0.39 is 7.12 Å². The second-order valence-corrected chi connectivity index (χ2v) is 4.70. The van der Waals surface area contributed by atoms with E-state index in [1.807, 2.05) is 19.1 Å². The van der Waals surface area contributed by atoms with Gasteiger partial charge in [0, 0.05) is 0 Å². The van der Waals surface area contributed by atoms with Crippen LogP contribution in [0.3, 0.4) is 0 Å². The second kappa shape index (κ2) is 3.75. The summed E-state index contributed by atoms with van der Waals surface area (Å²) < 4.78 is 0. The Bertz CT molecular complexity index is 327. The Kier molecular flexibility index (Phi) is 3.02. The van der Waals surface area contributed by atoms with Crippen molar-refractivity contribution < 1.29 is 10.0 Å². The molecule has 2 nitrogen and oxygen atoms in total. The first kappa shape index (κ1) is 11.3. The van der Waals surface area contributed by atoms with Gasteiger partial charge in [0.15, 0.2) is 0 Å². The molecule has 2 N–H and O–H groups in total. The number of benzene rings is 1. The number of hydrogen-bond acceptors (Lipinski definition) is 2. The van der Waals surface area contributed by atoms with Gasteiger partial charge in [-0.25, -0.2) is 0 Å². The lowest BCUT2D eigenvalue weighted by molar-refractivity contribution is 0.425. The first-order valence-electron chi connectivity index (χ1n) is 4.79. The highest BCUT2D eigenvalue weighted by molar-refractivity contribution is 6.58. The van der Waals surface area contributed by atoms with Gasteiger partial charge in [-0.2, -0.15) is 0 Å². The van der Waals surface area contributed by atoms with Crippen LogP contribution < -0.4 is 5.46 Å². The third-order valence-electron chi connectivity index (χ3n) is 2.36. The van der Waals surface area contributed by atoms with E-state index in [-0.39, 0.29) is 5.41 Å². The van der Waals surface area contributed by atoms with Crippen LogP contribution in [0.25, 0.3) is 0 Å². The molecule has 14 heavy (non-hydrogen) atoms. The Hall–Kier alpha value is -0.795. The molecule has 0 amide bonds. The van der Waals surface area contributed by atoms with Crippen molar-refractivity contribution in [2.45, 2.75) is 33.1 Å². The summed E-state index contributed by atoms with van der Waals surface area (Å²) in [4.78, 5) is 0. The molecule has 0 aliphatic carbocycles. The average molecular weight is 192 g/mol. The molecule has 0 saturated heterocycles. The van der Waals surface area contributed by atoms with Gasteiger partial charge >= 0.3 is 7.12 Å². The highest BCUT2D eigenvalue weighted by Gasteiger charge is 2.18. The largest absolute Gasteiger partial charge is 0.488 e. The number of rotatable bonds is 1. The highest BCUT2D eigenvalue weighted by atomic mass is 16.4. The van der Waals surface area contributed by atoms with Gasteiger partial charge in [-0.15, -0.1) is 0 Å². The van der Waals surface area contributed by atoms with E-state index in [2.05, 4.69) is 20.8 Å². The van der Waals surface area contributed by atoms with Gasteiger partial charge in [-0.05, 0) is 28.9 Å². The van der Waals surface area contributed by atoms with Crippen LogP contribution in [0.4, 0.5) is 0 Å². The summed E-state index contributed by atoms with van der Waals surface area (Å²) in [6.45, 7) is 8.42. The van der Waals surface area contributed by atoms with Crippen LogP contribution >= 0.6 is 0 Å². The highest BCUT2D eigenvalue weighted by Crippen LogP contribution is 2.24. The van der Waals surface area contributed by atoms with Crippen molar-refractivity contribution >= 4 is 12.6 Å². The minimum atomic E-state index is -1.37. The molecule has 0 aromatic heterocycles. The summed E-state index contributed by atoms with van der Waals surface area (Å²) in [6, 6.07) is 5.55. The quantitative estimate of drug-likeness (QED) is 0.651. The molecule has 1 aromatic rings. The van der Waals surface area contributed by atoms with Crippen molar-refractivity contribution in [1.29, 1.82) is 0 Å². The molecule has 0 fully saturated rings. The predicted molar refractivity (Wildman–Crippen MR) is 59.7 cm³/mol. The summed E-state index contributed by atoms with van der Waals surface area (Å²) in [5.41, 5.74) is 2.99. The fourth-order valence-electron chi connectivity index (χ4n) is 1.69. The molecule has 0 spiro atoms. The Balaban J connectivity index is 3.15. The maximum atomic E-state index is 9.00. The lowest BCUT2D eigenvalue weighted by atomic mass is 9.76. The smallest absolute Gasteiger partial charge is 0.423 e. The van der Waals surface area contributed by atoms with Crippen LogP contribution in [0.15, 0.2) is 18.2 Å². The maximum Gasteiger partial charge on any atom is 0.488 e. The van der Waals surface area contributed by atoms with Crippen LogP contribution in [0.5, 0.6) is 0 Å². The van der Waals surface area contributed by atoms with E-state index in [1.165, 1.54) is 5.56 Å². The Morgan fingerprint density at radius 1 is 1.14 bits per heavy atom. The normalized spacial score (nSPS) is 11.6. The Labute approximate surface area is 85.7 Å². The van der Waals surface area contributed by atoms with Crippen LogP contribution in [0.1, 0.15) is 31.9 Å². The van der Waals surface area contributed by atoms with E-state index in [1.54, 1.807) is 6.07 Å².